The molecule has 1 aliphatic heterocycles. The van der Waals surface area contributed by atoms with Gasteiger partial charge in [0.25, 0.3) is 0 Å². The van der Waals surface area contributed by atoms with Crippen molar-refractivity contribution in [3.05, 3.63) is 29.3 Å². The molecule has 2 N–H and O–H groups in total. The molecule has 0 bridgehead atoms. The van der Waals surface area contributed by atoms with Crippen LogP contribution in [0.1, 0.15) is 24.0 Å². The second-order valence-corrected chi connectivity index (χ2v) is 7.76. The number of aryl methyl sites for hydroxylation is 2. The van der Waals surface area contributed by atoms with Crippen molar-refractivity contribution in [2.24, 2.45) is 0 Å². The van der Waals surface area contributed by atoms with Gasteiger partial charge in [-0.1, -0.05) is 6.07 Å². The number of urea groups is 1. The summed E-state index contributed by atoms with van der Waals surface area (Å²) in [7, 11) is -2.96. The van der Waals surface area contributed by atoms with E-state index in [-0.39, 0.29) is 23.6 Å². The van der Waals surface area contributed by atoms with Crippen LogP contribution in [-0.2, 0) is 22.7 Å². The highest BCUT2D eigenvalue weighted by Gasteiger charge is 2.28. The fourth-order valence-electron chi connectivity index (χ4n) is 2.91. The van der Waals surface area contributed by atoms with Crippen molar-refractivity contribution in [3.63, 3.8) is 0 Å². The molecular formula is C14H18N2O3S. The van der Waals surface area contributed by atoms with Gasteiger partial charge in [0.2, 0.25) is 0 Å². The number of sulfone groups is 1. The molecular weight excluding hydrogens is 276 g/mol. The van der Waals surface area contributed by atoms with Crippen LogP contribution >= 0.6 is 0 Å². The lowest BCUT2D eigenvalue weighted by Crippen LogP contribution is -2.38. The Morgan fingerprint density at radius 1 is 1.20 bits per heavy atom. The molecule has 0 spiro atoms. The molecule has 2 amide bonds. The van der Waals surface area contributed by atoms with Crippen molar-refractivity contribution in [1.29, 1.82) is 0 Å². The molecule has 1 heterocycles. The summed E-state index contributed by atoms with van der Waals surface area (Å²) in [6.07, 6.45) is 3.85. The zero-order valence-corrected chi connectivity index (χ0v) is 12.0. The van der Waals surface area contributed by atoms with E-state index in [0.29, 0.717) is 6.42 Å². The number of carbonyl (C=O) groups is 1. The zero-order valence-electron chi connectivity index (χ0n) is 11.2. The van der Waals surface area contributed by atoms with Gasteiger partial charge in [0.15, 0.2) is 9.84 Å². The molecule has 1 aromatic carbocycles. The Kier molecular flexibility index (Phi) is 3.41. The van der Waals surface area contributed by atoms with E-state index in [2.05, 4.69) is 16.7 Å². The lowest BCUT2D eigenvalue weighted by Gasteiger charge is -2.12. The predicted octanol–water partition coefficient (Wildman–Crippen LogP) is 1.48. The SMILES string of the molecule is O=C(Nc1ccc2c(c1)CCC2)NC1CCS(=O)(=O)C1. The topological polar surface area (TPSA) is 75.3 Å². The van der Waals surface area contributed by atoms with Gasteiger partial charge in [-0.05, 0) is 48.9 Å². The van der Waals surface area contributed by atoms with Crippen LogP contribution < -0.4 is 10.6 Å². The van der Waals surface area contributed by atoms with E-state index < -0.39 is 9.84 Å². The van der Waals surface area contributed by atoms with E-state index >= 15 is 0 Å². The highest BCUT2D eigenvalue weighted by Crippen LogP contribution is 2.24. The monoisotopic (exact) mass is 294 g/mol. The van der Waals surface area contributed by atoms with E-state index in [1.807, 2.05) is 12.1 Å². The second-order valence-electron chi connectivity index (χ2n) is 5.54. The maximum absolute atomic E-state index is 11.9. The first-order chi connectivity index (χ1) is 9.52. The number of nitrogens with one attached hydrogen (secondary N) is 2. The smallest absolute Gasteiger partial charge is 0.319 e. The van der Waals surface area contributed by atoms with Crippen LogP contribution in [0, 0.1) is 0 Å². The van der Waals surface area contributed by atoms with E-state index in [4.69, 9.17) is 0 Å². The van der Waals surface area contributed by atoms with Crippen molar-refractivity contribution in [1.82, 2.24) is 5.32 Å². The minimum Gasteiger partial charge on any atom is -0.334 e. The standard InChI is InChI=1S/C14H18N2O3S/c17-14(16-13-6-7-20(18,19)9-13)15-12-5-4-10-2-1-3-11(10)8-12/h4-5,8,13H,1-3,6-7,9H2,(H2,15,16,17). The molecule has 0 aromatic heterocycles. The molecule has 0 radical (unpaired) electrons. The molecule has 20 heavy (non-hydrogen) atoms. The van der Waals surface area contributed by atoms with Crippen LogP contribution in [0.3, 0.4) is 0 Å². The number of hydrogen-bond donors (Lipinski definition) is 2. The number of benzene rings is 1. The normalized spacial score (nSPS) is 23.3. The third-order valence-electron chi connectivity index (χ3n) is 3.92. The average molecular weight is 294 g/mol. The van der Waals surface area contributed by atoms with Crippen LogP contribution in [0.5, 0.6) is 0 Å². The minimum absolute atomic E-state index is 0.0462. The van der Waals surface area contributed by atoms with Gasteiger partial charge in [-0.25, -0.2) is 13.2 Å². The van der Waals surface area contributed by atoms with Gasteiger partial charge in [0, 0.05) is 11.7 Å². The molecule has 1 atom stereocenters. The molecule has 1 fully saturated rings. The molecule has 5 nitrogen and oxygen atoms in total. The Hall–Kier alpha value is -1.56. The largest absolute Gasteiger partial charge is 0.334 e. The third kappa shape index (κ3) is 2.95. The Morgan fingerprint density at radius 3 is 2.75 bits per heavy atom. The van der Waals surface area contributed by atoms with Crippen LogP contribution in [-0.4, -0.2) is 32.0 Å². The van der Waals surface area contributed by atoms with E-state index in [1.165, 1.54) is 17.5 Å². The van der Waals surface area contributed by atoms with Gasteiger partial charge in [-0.3, -0.25) is 0 Å². The fourth-order valence-corrected chi connectivity index (χ4v) is 4.58. The first-order valence-corrected chi connectivity index (χ1v) is 8.74. The molecule has 1 saturated heterocycles. The van der Waals surface area contributed by atoms with Crippen molar-refractivity contribution < 1.29 is 13.2 Å². The summed E-state index contributed by atoms with van der Waals surface area (Å²) < 4.78 is 22.7. The first kappa shape index (κ1) is 13.4. The molecule has 1 unspecified atom stereocenters. The van der Waals surface area contributed by atoms with Crippen LogP contribution in [0.2, 0.25) is 0 Å². The predicted molar refractivity (Wildman–Crippen MR) is 77.7 cm³/mol. The van der Waals surface area contributed by atoms with Gasteiger partial charge in [0.05, 0.1) is 11.5 Å². The molecule has 108 valence electrons. The van der Waals surface area contributed by atoms with Crippen LogP contribution in [0.4, 0.5) is 10.5 Å². The molecule has 2 aliphatic rings. The van der Waals surface area contributed by atoms with Gasteiger partial charge in [0.1, 0.15) is 0 Å². The Bertz CT molecular complexity index is 640. The highest BCUT2D eigenvalue weighted by molar-refractivity contribution is 7.91. The van der Waals surface area contributed by atoms with Gasteiger partial charge < -0.3 is 10.6 Å². The summed E-state index contributed by atoms with van der Waals surface area (Å²) >= 11 is 0. The highest BCUT2D eigenvalue weighted by atomic mass is 32.2. The van der Waals surface area contributed by atoms with E-state index in [9.17, 15) is 13.2 Å². The number of rotatable bonds is 2. The Labute approximate surface area is 118 Å². The molecule has 0 saturated carbocycles. The Balaban J connectivity index is 1.59. The summed E-state index contributed by atoms with van der Waals surface area (Å²) in [6, 6.07) is 5.36. The summed E-state index contributed by atoms with van der Waals surface area (Å²) in [4.78, 5) is 11.9. The maximum Gasteiger partial charge on any atom is 0.319 e. The zero-order chi connectivity index (χ0) is 14.2. The minimum atomic E-state index is -2.96. The number of amides is 2. The summed E-state index contributed by atoms with van der Waals surface area (Å²) in [5.74, 6) is 0.210. The lowest BCUT2D eigenvalue weighted by atomic mass is 10.1. The van der Waals surface area contributed by atoms with Crippen LogP contribution in [0.15, 0.2) is 18.2 Å². The average Bonchev–Trinajstić information content (AvgIpc) is 2.95. The van der Waals surface area contributed by atoms with Crippen molar-refractivity contribution in [3.8, 4) is 0 Å². The summed E-state index contributed by atoms with van der Waals surface area (Å²) in [5, 5.41) is 5.50. The van der Waals surface area contributed by atoms with E-state index in [1.54, 1.807) is 0 Å². The summed E-state index contributed by atoms with van der Waals surface area (Å²) in [5.41, 5.74) is 3.42. The van der Waals surface area contributed by atoms with E-state index in [0.717, 1.165) is 18.5 Å². The van der Waals surface area contributed by atoms with Crippen molar-refractivity contribution in [2.75, 3.05) is 16.8 Å². The molecule has 1 aliphatic carbocycles. The third-order valence-corrected chi connectivity index (χ3v) is 5.69. The van der Waals surface area contributed by atoms with Crippen molar-refractivity contribution in [2.45, 2.75) is 31.7 Å². The molecule has 1 aromatic rings. The maximum atomic E-state index is 11.9. The number of fused-ring (bicyclic) bond motifs is 1. The van der Waals surface area contributed by atoms with Crippen LogP contribution in [0.25, 0.3) is 0 Å². The Morgan fingerprint density at radius 2 is 2.00 bits per heavy atom. The number of carbonyl (C=O) groups excluding carboxylic acids is 1. The van der Waals surface area contributed by atoms with Gasteiger partial charge >= 0.3 is 6.03 Å². The van der Waals surface area contributed by atoms with Gasteiger partial charge in [-0.15, -0.1) is 0 Å². The second kappa shape index (κ2) is 5.09. The summed E-state index contributed by atoms with van der Waals surface area (Å²) in [6.45, 7) is 0. The lowest BCUT2D eigenvalue weighted by molar-refractivity contribution is 0.249. The number of hydrogen-bond acceptors (Lipinski definition) is 3. The van der Waals surface area contributed by atoms with Gasteiger partial charge in [-0.2, -0.15) is 0 Å². The number of anilines is 1. The fraction of sp³-hybridized carbons (Fsp3) is 0.500. The molecule has 3 rings (SSSR count). The van der Waals surface area contributed by atoms with Crippen molar-refractivity contribution >= 4 is 21.6 Å². The quantitative estimate of drug-likeness (QED) is 0.867. The first-order valence-electron chi connectivity index (χ1n) is 6.92. The molecule has 6 heteroatoms.